The third kappa shape index (κ3) is 2.99. The number of nitrogens with one attached hydrogen (secondary N) is 2. The molecule has 0 saturated carbocycles. The highest BCUT2D eigenvalue weighted by molar-refractivity contribution is 5.16. The quantitative estimate of drug-likeness (QED) is 0.831. The Bertz CT molecular complexity index is 416. The van der Waals surface area contributed by atoms with Gasteiger partial charge in [0.25, 0.3) is 0 Å². The molecule has 2 unspecified atom stereocenters. The van der Waals surface area contributed by atoms with Crippen LogP contribution in [0.25, 0.3) is 0 Å². The Morgan fingerprint density at radius 3 is 3.26 bits per heavy atom. The second-order valence-corrected chi connectivity index (χ2v) is 6.11. The number of hydrogen-bond acceptors (Lipinski definition) is 4. The van der Waals surface area contributed by atoms with Gasteiger partial charge in [-0.25, -0.2) is 4.98 Å². The number of likely N-dealkylation sites (tertiary alicyclic amines) is 1. The second-order valence-electron chi connectivity index (χ2n) is 6.11. The van der Waals surface area contributed by atoms with Gasteiger partial charge in [0, 0.05) is 38.1 Å². The molecular weight excluding hydrogens is 238 g/mol. The molecule has 1 fully saturated rings. The zero-order valence-electron chi connectivity index (χ0n) is 12.0. The molecule has 3 heterocycles. The van der Waals surface area contributed by atoms with E-state index in [0.717, 1.165) is 19.5 Å². The van der Waals surface area contributed by atoms with Crippen molar-refractivity contribution in [2.24, 2.45) is 0 Å². The van der Waals surface area contributed by atoms with Crippen LogP contribution in [0.15, 0.2) is 6.33 Å². The highest BCUT2D eigenvalue weighted by Gasteiger charge is 2.25. The van der Waals surface area contributed by atoms with E-state index >= 15 is 0 Å². The van der Waals surface area contributed by atoms with E-state index in [0.29, 0.717) is 12.1 Å². The van der Waals surface area contributed by atoms with Gasteiger partial charge < -0.3 is 20.1 Å². The standard InChI is InChI=1S/C14H25N5/c1-18-5-3-4-12(9-18)19(2)8-11-6-13-14(7-15-11)17-10-16-13/h10-12,15H,3-9H2,1-2H3,(H,16,17). The number of aromatic amines is 1. The van der Waals surface area contributed by atoms with Crippen molar-refractivity contribution in [1.29, 1.82) is 0 Å². The Morgan fingerprint density at radius 2 is 2.42 bits per heavy atom. The summed E-state index contributed by atoms with van der Waals surface area (Å²) in [6, 6.07) is 1.24. The number of nitrogens with zero attached hydrogens (tertiary/aromatic N) is 3. The van der Waals surface area contributed by atoms with Gasteiger partial charge in [-0.1, -0.05) is 0 Å². The van der Waals surface area contributed by atoms with Crippen LogP contribution in [0.2, 0.25) is 0 Å². The summed E-state index contributed by atoms with van der Waals surface area (Å²) < 4.78 is 0. The lowest BCUT2D eigenvalue weighted by Crippen LogP contribution is -2.50. The summed E-state index contributed by atoms with van der Waals surface area (Å²) >= 11 is 0. The predicted octanol–water partition coefficient (Wildman–Crippen LogP) is 0.450. The number of imidazole rings is 1. The fraction of sp³-hybridized carbons (Fsp3) is 0.786. The van der Waals surface area contributed by atoms with Crippen LogP contribution >= 0.6 is 0 Å². The first-order valence-electron chi connectivity index (χ1n) is 7.35. The van der Waals surface area contributed by atoms with Crippen molar-refractivity contribution in [3.63, 3.8) is 0 Å². The van der Waals surface area contributed by atoms with Gasteiger partial charge in [0.05, 0.1) is 17.7 Å². The van der Waals surface area contributed by atoms with Gasteiger partial charge in [-0.3, -0.25) is 0 Å². The maximum Gasteiger partial charge on any atom is 0.0925 e. The SMILES string of the molecule is CN1CCCC(N(C)CC2Cc3nc[nH]c3CN2)C1. The smallest absolute Gasteiger partial charge is 0.0925 e. The van der Waals surface area contributed by atoms with E-state index in [1.807, 2.05) is 6.33 Å². The molecule has 2 aliphatic rings. The van der Waals surface area contributed by atoms with Crippen molar-refractivity contribution in [3.8, 4) is 0 Å². The number of aromatic nitrogens is 2. The van der Waals surface area contributed by atoms with Crippen LogP contribution in [-0.4, -0.2) is 65.6 Å². The average Bonchev–Trinajstić information content (AvgIpc) is 2.86. The molecule has 1 saturated heterocycles. The molecule has 2 N–H and O–H groups in total. The van der Waals surface area contributed by atoms with E-state index in [1.54, 1.807) is 0 Å². The maximum atomic E-state index is 4.42. The van der Waals surface area contributed by atoms with Crippen LogP contribution in [0.1, 0.15) is 24.2 Å². The fourth-order valence-electron chi connectivity index (χ4n) is 3.36. The van der Waals surface area contributed by atoms with Crippen molar-refractivity contribution in [3.05, 3.63) is 17.7 Å². The van der Waals surface area contributed by atoms with E-state index in [4.69, 9.17) is 0 Å². The van der Waals surface area contributed by atoms with Crippen molar-refractivity contribution < 1.29 is 0 Å². The molecule has 19 heavy (non-hydrogen) atoms. The first kappa shape index (κ1) is 13.1. The Hall–Kier alpha value is -0.910. The van der Waals surface area contributed by atoms with Crippen molar-refractivity contribution in [2.45, 2.75) is 37.9 Å². The van der Waals surface area contributed by atoms with Crippen LogP contribution in [0.3, 0.4) is 0 Å². The molecule has 5 nitrogen and oxygen atoms in total. The normalized spacial score (nSPS) is 28.6. The number of hydrogen-bond donors (Lipinski definition) is 2. The van der Waals surface area contributed by atoms with Gasteiger partial charge in [0.2, 0.25) is 0 Å². The largest absolute Gasteiger partial charge is 0.347 e. The molecule has 5 heteroatoms. The lowest BCUT2D eigenvalue weighted by atomic mass is 10.0. The molecule has 0 radical (unpaired) electrons. The average molecular weight is 263 g/mol. The minimum atomic E-state index is 0.535. The Kier molecular flexibility index (Phi) is 3.86. The molecule has 0 amide bonds. The van der Waals surface area contributed by atoms with E-state index in [9.17, 15) is 0 Å². The second kappa shape index (κ2) is 5.61. The van der Waals surface area contributed by atoms with Crippen molar-refractivity contribution in [2.75, 3.05) is 33.7 Å². The van der Waals surface area contributed by atoms with E-state index in [2.05, 4.69) is 39.2 Å². The van der Waals surface area contributed by atoms with Crippen LogP contribution in [0.4, 0.5) is 0 Å². The molecule has 2 aliphatic heterocycles. The lowest BCUT2D eigenvalue weighted by molar-refractivity contribution is 0.123. The number of likely N-dealkylation sites (N-methyl/N-ethyl adjacent to an activating group) is 2. The van der Waals surface area contributed by atoms with Gasteiger partial charge >= 0.3 is 0 Å². The Balaban J connectivity index is 1.54. The van der Waals surface area contributed by atoms with Gasteiger partial charge in [0.15, 0.2) is 0 Å². The minimum Gasteiger partial charge on any atom is -0.347 e. The maximum absolute atomic E-state index is 4.42. The highest BCUT2D eigenvalue weighted by atomic mass is 15.2. The molecule has 3 rings (SSSR count). The topological polar surface area (TPSA) is 47.2 Å². The van der Waals surface area contributed by atoms with Gasteiger partial charge in [0.1, 0.15) is 0 Å². The van der Waals surface area contributed by atoms with E-state index in [-0.39, 0.29) is 0 Å². The first-order valence-corrected chi connectivity index (χ1v) is 7.35. The summed E-state index contributed by atoms with van der Waals surface area (Å²) in [5.74, 6) is 0. The molecular formula is C14H25N5. The molecule has 2 atom stereocenters. The molecule has 0 bridgehead atoms. The van der Waals surface area contributed by atoms with Crippen LogP contribution in [0, 0.1) is 0 Å². The van der Waals surface area contributed by atoms with Gasteiger partial charge in [-0.2, -0.15) is 0 Å². The summed E-state index contributed by atoms with van der Waals surface area (Å²) in [6.45, 7) is 4.50. The third-order valence-corrected chi connectivity index (χ3v) is 4.55. The lowest BCUT2D eigenvalue weighted by Gasteiger charge is -2.38. The predicted molar refractivity (Wildman–Crippen MR) is 76.1 cm³/mol. The van der Waals surface area contributed by atoms with Gasteiger partial charge in [-0.15, -0.1) is 0 Å². The number of fused-ring (bicyclic) bond motifs is 1. The zero-order chi connectivity index (χ0) is 13.2. The molecule has 0 aliphatic carbocycles. The van der Waals surface area contributed by atoms with E-state index in [1.165, 1.54) is 37.3 Å². The van der Waals surface area contributed by atoms with E-state index < -0.39 is 0 Å². The molecule has 1 aromatic heterocycles. The Morgan fingerprint density at radius 1 is 1.53 bits per heavy atom. The summed E-state index contributed by atoms with van der Waals surface area (Å²) in [5, 5.41) is 3.62. The monoisotopic (exact) mass is 263 g/mol. The number of rotatable bonds is 3. The Labute approximate surface area is 115 Å². The zero-order valence-corrected chi connectivity index (χ0v) is 12.0. The molecule has 0 aromatic carbocycles. The molecule has 1 aromatic rings. The van der Waals surface area contributed by atoms with Crippen LogP contribution in [-0.2, 0) is 13.0 Å². The third-order valence-electron chi connectivity index (χ3n) is 4.55. The van der Waals surface area contributed by atoms with Crippen molar-refractivity contribution in [1.82, 2.24) is 25.1 Å². The van der Waals surface area contributed by atoms with Crippen LogP contribution < -0.4 is 5.32 Å². The number of H-pyrrole nitrogens is 1. The summed E-state index contributed by atoms with van der Waals surface area (Å²) in [4.78, 5) is 12.6. The summed E-state index contributed by atoms with van der Waals surface area (Å²) in [6.07, 6.45) is 5.52. The fourth-order valence-corrected chi connectivity index (χ4v) is 3.36. The highest BCUT2D eigenvalue weighted by Crippen LogP contribution is 2.16. The summed E-state index contributed by atoms with van der Waals surface area (Å²) in [7, 11) is 4.50. The van der Waals surface area contributed by atoms with Crippen molar-refractivity contribution >= 4 is 0 Å². The summed E-state index contributed by atoms with van der Waals surface area (Å²) in [5.41, 5.74) is 2.51. The molecule has 106 valence electrons. The van der Waals surface area contributed by atoms with Gasteiger partial charge in [-0.05, 0) is 33.5 Å². The minimum absolute atomic E-state index is 0.535. The first-order chi connectivity index (χ1) is 9.22. The molecule has 0 spiro atoms. The van der Waals surface area contributed by atoms with Crippen LogP contribution in [0.5, 0.6) is 0 Å². The number of piperidine rings is 1.